The number of aryl methyl sites for hydroxylation is 1. The van der Waals surface area contributed by atoms with Crippen molar-refractivity contribution in [3.63, 3.8) is 0 Å². The number of rotatable bonds is 8. The van der Waals surface area contributed by atoms with Crippen molar-refractivity contribution in [2.45, 2.75) is 20.4 Å². The number of nitrogens with one attached hydrogen (secondary N) is 1. The second-order valence-electron chi connectivity index (χ2n) is 9.20. The van der Waals surface area contributed by atoms with Crippen molar-refractivity contribution >= 4 is 22.6 Å². The number of anilines is 1. The quantitative estimate of drug-likeness (QED) is 0.239. The molecular formula is C31H26F2N4O5. The van der Waals surface area contributed by atoms with Crippen molar-refractivity contribution in [3.8, 4) is 34.3 Å². The SMILES string of the molecule is CCn1cc(-c2ccc(F)cc2)c(=O)c(C(=O)Nc2ccc(Oc3ccnc4cc(OC)c(OC)nc34)c(F)c2)c1C. The number of methoxy groups -OCH3 is 2. The molecule has 0 spiro atoms. The minimum Gasteiger partial charge on any atom is -0.491 e. The van der Waals surface area contributed by atoms with Crippen LogP contribution in [0.15, 0.2) is 71.8 Å². The third-order valence-electron chi connectivity index (χ3n) is 6.70. The van der Waals surface area contributed by atoms with Gasteiger partial charge in [-0.15, -0.1) is 0 Å². The molecule has 5 aromatic rings. The normalized spacial score (nSPS) is 10.9. The number of hydrogen-bond donors (Lipinski definition) is 1. The van der Waals surface area contributed by atoms with Gasteiger partial charge in [0.05, 0.1) is 19.7 Å². The Kier molecular flexibility index (Phi) is 7.83. The third kappa shape index (κ3) is 5.36. The summed E-state index contributed by atoms with van der Waals surface area (Å²) in [6, 6.07) is 12.5. The molecule has 0 unspecified atom stereocenters. The van der Waals surface area contributed by atoms with E-state index in [0.29, 0.717) is 34.6 Å². The summed E-state index contributed by atoms with van der Waals surface area (Å²) < 4.78 is 46.8. The Morgan fingerprint density at radius 2 is 1.74 bits per heavy atom. The minimum absolute atomic E-state index is 0.0990. The number of halogens is 2. The Morgan fingerprint density at radius 3 is 2.40 bits per heavy atom. The lowest BCUT2D eigenvalue weighted by atomic mass is 10.0. The molecule has 42 heavy (non-hydrogen) atoms. The lowest BCUT2D eigenvalue weighted by molar-refractivity contribution is 0.102. The maximum Gasteiger partial charge on any atom is 0.261 e. The maximum absolute atomic E-state index is 15.2. The smallest absolute Gasteiger partial charge is 0.261 e. The predicted octanol–water partition coefficient (Wildman–Crippen LogP) is 6.13. The van der Waals surface area contributed by atoms with Gasteiger partial charge in [0.15, 0.2) is 23.1 Å². The van der Waals surface area contributed by atoms with Crippen LogP contribution < -0.4 is 25.0 Å². The molecule has 0 aliphatic rings. The molecular weight excluding hydrogens is 546 g/mol. The number of nitrogens with zero attached hydrogens (tertiary/aromatic N) is 3. The molecule has 11 heteroatoms. The number of ether oxygens (including phenoxy) is 3. The summed E-state index contributed by atoms with van der Waals surface area (Å²) in [5, 5.41) is 2.61. The lowest BCUT2D eigenvalue weighted by Crippen LogP contribution is -2.27. The van der Waals surface area contributed by atoms with E-state index in [1.54, 1.807) is 23.8 Å². The summed E-state index contributed by atoms with van der Waals surface area (Å²) in [6.45, 7) is 4.01. The number of carbonyl (C=O) groups is 1. The molecule has 9 nitrogen and oxygen atoms in total. The van der Waals surface area contributed by atoms with Crippen LogP contribution in [-0.4, -0.2) is 34.7 Å². The number of carbonyl (C=O) groups excluding carboxylic acids is 1. The second kappa shape index (κ2) is 11.7. The van der Waals surface area contributed by atoms with Crippen LogP contribution in [0.5, 0.6) is 23.1 Å². The number of benzene rings is 2. The largest absolute Gasteiger partial charge is 0.491 e. The van der Waals surface area contributed by atoms with E-state index < -0.39 is 23.0 Å². The fraction of sp³-hybridized carbons (Fsp3) is 0.161. The Bertz CT molecular complexity index is 1870. The number of amides is 1. The molecule has 0 fully saturated rings. The molecule has 5 rings (SSSR count). The van der Waals surface area contributed by atoms with Gasteiger partial charge in [0.1, 0.15) is 16.9 Å². The fourth-order valence-corrected chi connectivity index (χ4v) is 4.55. The Labute approximate surface area is 239 Å². The Morgan fingerprint density at radius 1 is 0.976 bits per heavy atom. The van der Waals surface area contributed by atoms with Gasteiger partial charge in [-0.05, 0) is 43.7 Å². The van der Waals surface area contributed by atoms with Crippen LogP contribution in [0, 0.1) is 18.6 Å². The van der Waals surface area contributed by atoms with Crippen molar-refractivity contribution in [2.75, 3.05) is 19.5 Å². The summed E-state index contributed by atoms with van der Waals surface area (Å²) in [5.74, 6) is -1.22. The van der Waals surface area contributed by atoms with Crippen molar-refractivity contribution in [3.05, 3.63) is 100 Å². The summed E-state index contributed by atoms with van der Waals surface area (Å²) >= 11 is 0. The molecule has 0 radical (unpaired) electrons. The lowest BCUT2D eigenvalue weighted by Gasteiger charge is -2.16. The molecule has 1 N–H and O–H groups in total. The summed E-state index contributed by atoms with van der Waals surface area (Å²) in [5.41, 5.74) is 1.43. The van der Waals surface area contributed by atoms with Gasteiger partial charge >= 0.3 is 0 Å². The number of hydrogen-bond acceptors (Lipinski definition) is 7. The van der Waals surface area contributed by atoms with Gasteiger partial charge in [-0.1, -0.05) is 12.1 Å². The van der Waals surface area contributed by atoms with Crippen LogP contribution in [-0.2, 0) is 6.54 Å². The first-order chi connectivity index (χ1) is 20.2. The van der Waals surface area contributed by atoms with Crippen LogP contribution in [0.4, 0.5) is 14.5 Å². The van der Waals surface area contributed by atoms with E-state index in [-0.39, 0.29) is 34.2 Å². The Balaban J connectivity index is 1.44. The average molecular weight is 573 g/mol. The van der Waals surface area contributed by atoms with Gasteiger partial charge in [-0.3, -0.25) is 14.6 Å². The summed E-state index contributed by atoms with van der Waals surface area (Å²) in [7, 11) is 2.92. The standard InChI is InChI=1S/C31H26F2N4O5/c1-5-37-16-21(18-6-8-19(32)9-7-18)29(38)27(17(37)2)30(39)35-20-10-11-24(22(33)14-20)42-25-12-13-34-23-15-26(40-3)31(41-4)36-28(23)25/h6-16H,5H2,1-4H3,(H,35,39). The van der Waals surface area contributed by atoms with Crippen molar-refractivity contribution < 1.29 is 27.8 Å². The maximum atomic E-state index is 15.2. The number of pyridine rings is 3. The van der Waals surface area contributed by atoms with Crippen molar-refractivity contribution in [1.82, 2.24) is 14.5 Å². The zero-order valence-electron chi connectivity index (χ0n) is 23.2. The number of fused-ring (bicyclic) bond motifs is 1. The third-order valence-corrected chi connectivity index (χ3v) is 6.70. The van der Waals surface area contributed by atoms with Crippen LogP contribution in [0.3, 0.4) is 0 Å². The minimum atomic E-state index is -0.763. The van der Waals surface area contributed by atoms with E-state index in [0.717, 1.165) is 6.07 Å². The highest BCUT2D eigenvalue weighted by Crippen LogP contribution is 2.35. The molecule has 214 valence electrons. The molecule has 0 saturated heterocycles. The van der Waals surface area contributed by atoms with Gasteiger partial charge in [-0.25, -0.2) is 13.8 Å². The monoisotopic (exact) mass is 572 g/mol. The molecule has 0 saturated carbocycles. The average Bonchev–Trinajstić information content (AvgIpc) is 2.98. The van der Waals surface area contributed by atoms with Gasteiger partial charge < -0.3 is 24.1 Å². The summed E-state index contributed by atoms with van der Waals surface area (Å²) in [6.07, 6.45) is 3.13. The van der Waals surface area contributed by atoms with Crippen molar-refractivity contribution in [2.24, 2.45) is 0 Å². The molecule has 1 amide bonds. The van der Waals surface area contributed by atoms with Crippen LogP contribution in [0.2, 0.25) is 0 Å². The van der Waals surface area contributed by atoms with Crippen LogP contribution in [0.1, 0.15) is 23.0 Å². The van der Waals surface area contributed by atoms with E-state index in [4.69, 9.17) is 14.2 Å². The zero-order chi connectivity index (χ0) is 30.0. The van der Waals surface area contributed by atoms with E-state index in [9.17, 15) is 14.0 Å². The molecule has 3 heterocycles. The van der Waals surface area contributed by atoms with Gasteiger partial charge in [0.2, 0.25) is 5.43 Å². The highest BCUT2D eigenvalue weighted by atomic mass is 19.1. The molecule has 2 aromatic carbocycles. The van der Waals surface area contributed by atoms with E-state index in [2.05, 4.69) is 15.3 Å². The number of aromatic nitrogens is 3. The fourth-order valence-electron chi connectivity index (χ4n) is 4.55. The van der Waals surface area contributed by atoms with Crippen LogP contribution in [0.25, 0.3) is 22.2 Å². The molecule has 0 bridgehead atoms. The topological polar surface area (TPSA) is 105 Å². The predicted molar refractivity (Wildman–Crippen MR) is 154 cm³/mol. The second-order valence-corrected chi connectivity index (χ2v) is 9.20. The van der Waals surface area contributed by atoms with Crippen molar-refractivity contribution in [1.29, 1.82) is 0 Å². The highest BCUT2D eigenvalue weighted by molar-refractivity contribution is 6.05. The van der Waals surface area contributed by atoms with Gasteiger partial charge in [-0.2, -0.15) is 0 Å². The summed E-state index contributed by atoms with van der Waals surface area (Å²) in [4.78, 5) is 35.4. The molecule has 3 aromatic heterocycles. The first-order valence-corrected chi connectivity index (χ1v) is 12.9. The van der Waals surface area contributed by atoms with Gasteiger partial charge in [0.25, 0.3) is 11.8 Å². The zero-order valence-corrected chi connectivity index (χ0v) is 23.2. The Hall–Kier alpha value is -5.32. The van der Waals surface area contributed by atoms with E-state index in [1.165, 1.54) is 62.9 Å². The van der Waals surface area contributed by atoms with E-state index >= 15 is 4.39 Å². The molecule has 0 aliphatic heterocycles. The first kappa shape index (κ1) is 28.2. The first-order valence-electron chi connectivity index (χ1n) is 12.9. The molecule has 0 atom stereocenters. The molecule has 0 aliphatic carbocycles. The highest BCUT2D eigenvalue weighted by Gasteiger charge is 2.21. The van der Waals surface area contributed by atoms with E-state index in [1.807, 2.05) is 6.92 Å². The van der Waals surface area contributed by atoms with Gasteiger partial charge in [0, 0.05) is 54.1 Å². The van der Waals surface area contributed by atoms with Crippen LogP contribution >= 0.6 is 0 Å².